The summed E-state index contributed by atoms with van der Waals surface area (Å²) in [6.45, 7) is 8.90. The maximum atomic E-state index is 11.0. The molecule has 2 N–H and O–H groups in total. The molecule has 0 radical (unpaired) electrons. The number of nitrogens with one attached hydrogen (secondary N) is 2. The molecule has 1 aromatic rings. The largest absolute Gasteiger partial charge is 0.501 e. The monoisotopic (exact) mass is 451 g/mol. The molecule has 1 aromatic carbocycles. The number of nitro benzene ring substituents is 1. The molecular formula is C20H33N5O5Si. The summed E-state index contributed by atoms with van der Waals surface area (Å²) < 4.78 is 18.1. The number of hydrogen-bond acceptors (Lipinski definition) is 9. The van der Waals surface area contributed by atoms with Gasteiger partial charge in [-0.05, 0) is 19.0 Å². The van der Waals surface area contributed by atoms with Crippen LogP contribution in [0.5, 0.6) is 0 Å². The van der Waals surface area contributed by atoms with E-state index in [0.29, 0.717) is 31.9 Å². The van der Waals surface area contributed by atoms with Gasteiger partial charge in [0.2, 0.25) is 0 Å². The Kier molecular flexibility index (Phi) is 10.0. The molecule has 0 aliphatic carbocycles. The highest BCUT2D eigenvalue weighted by molar-refractivity contribution is 6.60. The Balaban J connectivity index is 1.22. The van der Waals surface area contributed by atoms with Crippen LogP contribution in [0.3, 0.4) is 0 Å². The van der Waals surface area contributed by atoms with Crippen LogP contribution < -0.4 is 10.6 Å². The van der Waals surface area contributed by atoms with Gasteiger partial charge in [0, 0.05) is 57.6 Å². The van der Waals surface area contributed by atoms with Crippen LogP contribution in [0, 0.1) is 10.1 Å². The smallest absolute Gasteiger partial charge is 0.372 e. The van der Waals surface area contributed by atoms with Gasteiger partial charge in [0.1, 0.15) is 0 Å². The molecule has 3 aliphatic heterocycles. The second kappa shape index (κ2) is 13.0. The molecule has 0 aromatic heterocycles. The first kappa shape index (κ1) is 23.9. The molecule has 31 heavy (non-hydrogen) atoms. The zero-order valence-electron chi connectivity index (χ0n) is 18.0. The zero-order valence-corrected chi connectivity index (χ0v) is 19.0. The van der Waals surface area contributed by atoms with E-state index in [4.69, 9.17) is 13.3 Å². The lowest BCUT2D eigenvalue weighted by Gasteiger charge is -2.38. The SMILES string of the molecule is O=[N+]([O-])c1ccccc1C=NCCNCCNCCC[Si]12OCCN(CCO1)CCO2. The predicted molar refractivity (Wildman–Crippen MR) is 121 cm³/mol. The minimum Gasteiger partial charge on any atom is -0.372 e. The van der Waals surface area contributed by atoms with E-state index in [9.17, 15) is 10.1 Å². The number of benzene rings is 1. The fourth-order valence-electron chi connectivity index (χ4n) is 3.59. The first-order valence-corrected chi connectivity index (χ1v) is 12.9. The number of nitrogens with zero attached hydrogens (tertiary/aromatic N) is 3. The van der Waals surface area contributed by atoms with Gasteiger partial charge in [-0.3, -0.25) is 20.0 Å². The lowest BCUT2D eigenvalue weighted by molar-refractivity contribution is -0.385. The van der Waals surface area contributed by atoms with Gasteiger partial charge in [-0.2, -0.15) is 0 Å². The lowest BCUT2D eigenvalue weighted by Crippen LogP contribution is -2.55. The molecule has 2 bridgehead atoms. The van der Waals surface area contributed by atoms with Gasteiger partial charge in [0.25, 0.3) is 5.69 Å². The number of para-hydroxylation sites is 1. The summed E-state index contributed by atoms with van der Waals surface area (Å²) in [5.74, 6) is 0. The third-order valence-corrected chi connectivity index (χ3v) is 8.18. The standard InChI is InChI=1S/C20H33N5O5Si/c26-25(27)20-5-2-1-4-19(20)18-23-10-9-22-8-7-21-6-3-17-31-28-14-11-24(12-15-29-31)13-16-30-31/h1-2,4-5,18,21-22H,3,6-17H2. The number of rotatable bonds is 12. The van der Waals surface area contributed by atoms with Gasteiger partial charge in [-0.25, -0.2) is 0 Å². The van der Waals surface area contributed by atoms with Crippen molar-refractivity contribution in [1.29, 1.82) is 0 Å². The van der Waals surface area contributed by atoms with Gasteiger partial charge >= 0.3 is 8.80 Å². The van der Waals surface area contributed by atoms with Crippen molar-refractivity contribution in [2.24, 2.45) is 4.99 Å². The first-order chi connectivity index (χ1) is 15.2. The summed E-state index contributed by atoms with van der Waals surface area (Å²) in [5, 5.41) is 17.7. The quantitative estimate of drug-likeness (QED) is 0.159. The Morgan fingerprint density at radius 1 is 1.03 bits per heavy atom. The fourth-order valence-corrected chi connectivity index (χ4v) is 6.09. The van der Waals surface area contributed by atoms with E-state index in [0.717, 1.165) is 58.3 Å². The first-order valence-electron chi connectivity index (χ1n) is 11.0. The number of aliphatic imine (C=N–C) groups is 1. The molecular weight excluding hydrogens is 418 g/mol. The molecule has 3 heterocycles. The van der Waals surface area contributed by atoms with E-state index in [1.807, 2.05) is 0 Å². The van der Waals surface area contributed by atoms with Crippen LogP contribution in [0.25, 0.3) is 0 Å². The minimum absolute atomic E-state index is 0.0768. The molecule has 3 saturated heterocycles. The average molecular weight is 452 g/mol. The zero-order chi connectivity index (χ0) is 21.8. The summed E-state index contributed by atoms with van der Waals surface area (Å²) in [5.41, 5.74) is 0.605. The highest BCUT2D eigenvalue weighted by Gasteiger charge is 2.43. The Morgan fingerprint density at radius 3 is 2.35 bits per heavy atom. The number of fused-ring (bicyclic) bond motifs is 6. The van der Waals surface area contributed by atoms with Gasteiger partial charge < -0.3 is 23.9 Å². The van der Waals surface area contributed by atoms with Crippen LogP contribution in [-0.4, -0.2) is 97.0 Å². The van der Waals surface area contributed by atoms with E-state index < -0.39 is 8.80 Å². The van der Waals surface area contributed by atoms with E-state index in [1.165, 1.54) is 6.07 Å². The molecule has 11 heteroatoms. The molecule has 4 rings (SSSR count). The summed E-state index contributed by atoms with van der Waals surface area (Å²) in [6.07, 6.45) is 2.53. The van der Waals surface area contributed by atoms with E-state index in [1.54, 1.807) is 24.4 Å². The molecule has 0 atom stereocenters. The van der Waals surface area contributed by atoms with Gasteiger partial charge in [0.15, 0.2) is 0 Å². The molecule has 0 spiro atoms. The van der Waals surface area contributed by atoms with Crippen molar-refractivity contribution in [3.8, 4) is 0 Å². The van der Waals surface area contributed by atoms with Crippen LogP contribution in [0.15, 0.2) is 29.3 Å². The van der Waals surface area contributed by atoms with Crippen molar-refractivity contribution in [3.05, 3.63) is 39.9 Å². The summed E-state index contributed by atoms with van der Waals surface area (Å²) >= 11 is 0. The topological polar surface area (TPSA) is 110 Å². The maximum absolute atomic E-state index is 11.0. The highest BCUT2D eigenvalue weighted by atomic mass is 28.4. The van der Waals surface area contributed by atoms with Crippen molar-refractivity contribution in [1.82, 2.24) is 15.5 Å². The fraction of sp³-hybridized carbons (Fsp3) is 0.650. The third kappa shape index (κ3) is 8.03. The normalized spacial score (nSPS) is 24.1. The van der Waals surface area contributed by atoms with Crippen LogP contribution in [0.4, 0.5) is 5.69 Å². The van der Waals surface area contributed by atoms with E-state index in [-0.39, 0.29) is 10.6 Å². The predicted octanol–water partition coefficient (Wildman–Crippen LogP) is 0.901. The Labute approximate surface area is 184 Å². The Bertz CT molecular complexity index is 696. The summed E-state index contributed by atoms with van der Waals surface area (Å²) in [4.78, 5) is 17.2. The highest BCUT2D eigenvalue weighted by Crippen LogP contribution is 2.21. The van der Waals surface area contributed by atoms with E-state index >= 15 is 0 Å². The van der Waals surface area contributed by atoms with E-state index in [2.05, 4.69) is 20.5 Å². The second-order valence-electron chi connectivity index (χ2n) is 7.52. The van der Waals surface area contributed by atoms with Crippen LogP contribution in [0.2, 0.25) is 6.04 Å². The van der Waals surface area contributed by atoms with Crippen molar-refractivity contribution >= 4 is 20.7 Å². The summed E-state index contributed by atoms with van der Waals surface area (Å²) in [6, 6.07) is 7.46. The van der Waals surface area contributed by atoms with Crippen molar-refractivity contribution in [2.45, 2.75) is 12.5 Å². The molecule has 0 amide bonds. The second-order valence-corrected chi connectivity index (χ2v) is 10.3. The number of nitro groups is 1. The minimum atomic E-state index is -2.50. The third-order valence-electron chi connectivity index (χ3n) is 5.29. The van der Waals surface area contributed by atoms with Crippen LogP contribution in [0.1, 0.15) is 12.0 Å². The van der Waals surface area contributed by atoms with Crippen LogP contribution in [-0.2, 0) is 13.3 Å². The van der Waals surface area contributed by atoms with Crippen LogP contribution >= 0.6 is 0 Å². The number of hydrogen-bond donors (Lipinski definition) is 2. The average Bonchev–Trinajstić information content (AvgIpc) is 2.72. The Morgan fingerprint density at radius 2 is 1.68 bits per heavy atom. The molecule has 172 valence electrons. The van der Waals surface area contributed by atoms with Gasteiger partial charge in [-0.15, -0.1) is 0 Å². The molecule has 10 nitrogen and oxygen atoms in total. The molecule has 0 unspecified atom stereocenters. The summed E-state index contributed by atoms with van der Waals surface area (Å²) in [7, 11) is -2.50. The van der Waals surface area contributed by atoms with Crippen molar-refractivity contribution in [3.63, 3.8) is 0 Å². The van der Waals surface area contributed by atoms with Crippen molar-refractivity contribution < 1.29 is 18.2 Å². The Hall–Kier alpha value is -1.73. The molecule has 0 saturated carbocycles. The lowest BCUT2D eigenvalue weighted by atomic mass is 10.2. The van der Waals surface area contributed by atoms with Gasteiger partial charge in [0.05, 0.1) is 36.9 Å². The molecule has 3 fully saturated rings. The van der Waals surface area contributed by atoms with Gasteiger partial charge in [-0.1, -0.05) is 12.1 Å². The molecule has 3 aliphatic rings. The maximum Gasteiger partial charge on any atom is 0.501 e. The van der Waals surface area contributed by atoms with Crippen molar-refractivity contribution in [2.75, 3.05) is 72.2 Å².